The van der Waals surface area contributed by atoms with Gasteiger partial charge in [0, 0.05) is 22.3 Å². The van der Waals surface area contributed by atoms with Crippen LogP contribution in [-0.4, -0.2) is 9.67 Å². The van der Waals surface area contributed by atoms with Gasteiger partial charge < -0.3 is 5.11 Å². The van der Waals surface area contributed by atoms with Crippen molar-refractivity contribution in [2.45, 2.75) is 6.10 Å². The average molecular weight is 425 g/mol. The largest absolute Gasteiger partial charge is 0.384 e. The summed E-state index contributed by atoms with van der Waals surface area (Å²) < 4.78 is 2.06. The lowest BCUT2D eigenvalue weighted by molar-refractivity contribution is 0.219. The molecule has 0 aliphatic rings. The standard InChI is InChI=1S/C18H12BrCl2NO2/c19-13-8-14(20)17(15(21)9-13)22-10-12(6-7-16(22)23)18(24)11-4-2-1-3-5-11/h1-10,18,24H. The van der Waals surface area contributed by atoms with Gasteiger partial charge in [0.1, 0.15) is 6.10 Å². The molecule has 0 saturated heterocycles. The zero-order valence-electron chi connectivity index (χ0n) is 12.3. The number of halogens is 3. The van der Waals surface area contributed by atoms with Crippen molar-refractivity contribution in [3.8, 4) is 5.69 Å². The van der Waals surface area contributed by atoms with Gasteiger partial charge in [-0.25, -0.2) is 0 Å². The Bertz CT molecular complexity index is 918. The van der Waals surface area contributed by atoms with Crippen LogP contribution in [0.25, 0.3) is 5.69 Å². The second-order valence-corrected chi connectivity index (χ2v) is 6.93. The molecule has 0 aliphatic heterocycles. The Balaban J connectivity index is 2.13. The van der Waals surface area contributed by atoms with E-state index >= 15 is 0 Å². The summed E-state index contributed by atoms with van der Waals surface area (Å²) in [5.41, 5.74) is 1.39. The summed E-state index contributed by atoms with van der Waals surface area (Å²) in [5, 5.41) is 11.2. The van der Waals surface area contributed by atoms with E-state index < -0.39 is 6.10 Å². The third-order valence-electron chi connectivity index (χ3n) is 3.59. The van der Waals surface area contributed by atoms with E-state index in [0.29, 0.717) is 21.3 Å². The van der Waals surface area contributed by atoms with Crippen LogP contribution in [0.15, 0.2) is 70.1 Å². The molecule has 1 heterocycles. The van der Waals surface area contributed by atoms with Crippen molar-refractivity contribution < 1.29 is 5.11 Å². The highest BCUT2D eigenvalue weighted by Gasteiger charge is 2.15. The maximum Gasteiger partial charge on any atom is 0.255 e. The Morgan fingerprint density at radius 3 is 2.21 bits per heavy atom. The molecule has 0 aliphatic carbocycles. The van der Waals surface area contributed by atoms with Crippen molar-refractivity contribution in [2.75, 3.05) is 0 Å². The lowest BCUT2D eigenvalue weighted by Gasteiger charge is -2.15. The van der Waals surface area contributed by atoms with E-state index in [2.05, 4.69) is 15.9 Å². The number of hydrogen-bond acceptors (Lipinski definition) is 2. The predicted octanol–water partition coefficient (Wildman–Crippen LogP) is 4.99. The monoisotopic (exact) mass is 423 g/mol. The second-order valence-electron chi connectivity index (χ2n) is 5.20. The molecule has 1 aromatic heterocycles. The number of pyridine rings is 1. The SMILES string of the molecule is O=c1ccc(C(O)c2ccccc2)cn1-c1c(Cl)cc(Br)cc1Cl. The van der Waals surface area contributed by atoms with Crippen molar-refractivity contribution in [2.24, 2.45) is 0 Å². The number of benzene rings is 2. The third kappa shape index (κ3) is 3.42. The molecule has 3 rings (SSSR count). The highest BCUT2D eigenvalue weighted by atomic mass is 79.9. The number of aliphatic hydroxyl groups is 1. The first-order valence-corrected chi connectivity index (χ1v) is 8.63. The summed E-state index contributed by atoms with van der Waals surface area (Å²) in [6.45, 7) is 0. The van der Waals surface area contributed by atoms with E-state index in [4.69, 9.17) is 23.2 Å². The van der Waals surface area contributed by atoms with Gasteiger partial charge >= 0.3 is 0 Å². The molecule has 1 atom stereocenters. The van der Waals surface area contributed by atoms with Gasteiger partial charge in [-0.15, -0.1) is 0 Å². The fourth-order valence-electron chi connectivity index (χ4n) is 2.43. The maximum absolute atomic E-state index is 12.3. The zero-order valence-corrected chi connectivity index (χ0v) is 15.4. The van der Waals surface area contributed by atoms with Gasteiger partial charge in [-0.3, -0.25) is 9.36 Å². The predicted molar refractivity (Wildman–Crippen MR) is 100 cm³/mol. The molecule has 0 spiro atoms. The highest BCUT2D eigenvalue weighted by Crippen LogP contribution is 2.32. The molecule has 24 heavy (non-hydrogen) atoms. The molecule has 3 nitrogen and oxygen atoms in total. The lowest BCUT2D eigenvalue weighted by Crippen LogP contribution is -2.19. The summed E-state index contributed by atoms with van der Waals surface area (Å²) in [5.74, 6) is 0. The van der Waals surface area contributed by atoms with Crippen LogP contribution >= 0.6 is 39.1 Å². The van der Waals surface area contributed by atoms with Crippen molar-refractivity contribution in [1.29, 1.82) is 0 Å². The first-order valence-electron chi connectivity index (χ1n) is 7.08. The fourth-order valence-corrected chi connectivity index (χ4v) is 3.82. The molecular formula is C18H12BrCl2NO2. The van der Waals surface area contributed by atoms with Gasteiger partial charge in [-0.05, 0) is 23.8 Å². The topological polar surface area (TPSA) is 42.2 Å². The van der Waals surface area contributed by atoms with Gasteiger partial charge in [0.2, 0.25) is 0 Å². The summed E-state index contributed by atoms with van der Waals surface area (Å²) in [4.78, 5) is 12.3. The molecule has 2 aromatic carbocycles. The second kappa shape index (κ2) is 7.11. The molecular weight excluding hydrogens is 413 g/mol. The van der Waals surface area contributed by atoms with E-state index in [1.807, 2.05) is 30.3 Å². The van der Waals surface area contributed by atoms with E-state index in [1.54, 1.807) is 24.4 Å². The van der Waals surface area contributed by atoms with Crippen molar-refractivity contribution in [3.05, 3.63) is 96.8 Å². The Kier molecular flexibility index (Phi) is 5.11. The van der Waals surface area contributed by atoms with Gasteiger partial charge in [-0.1, -0.05) is 69.5 Å². The maximum atomic E-state index is 12.3. The fraction of sp³-hybridized carbons (Fsp3) is 0.0556. The molecule has 0 amide bonds. The summed E-state index contributed by atoms with van der Waals surface area (Å²) in [6.07, 6.45) is 0.701. The molecule has 0 bridgehead atoms. The third-order valence-corrected chi connectivity index (χ3v) is 4.62. The highest BCUT2D eigenvalue weighted by molar-refractivity contribution is 9.10. The summed E-state index contributed by atoms with van der Waals surface area (Å²) >= 11 is 15.8. The van der Waals surface area contributed by atoms with E-state index in [0.717, 1.165) is 10.0 Å². The Morgan fingerprint density at radius 2 is 1.58 bits per heavy atom. The Hall–Kier alpha value is -1.59. The number of nitrogens with zero attached hydrogens (tertiary/aromatic N) is 1. The van der Waals surface area contributed by atoms with Crippen LogP contribution in [-0.2, 0) is 0 Å². The number of hydrogen-bond donors (Lipinski definition) is 1. The summed E-state index contributed by atoms with van der Waals surface area (Å²) in [6, 6.07) is 15.5. The van der Waals surface area contributed by atoms with Crippen molar-refractivity contribution in [1.82, 2.24) is 4.57 Å². The van der Waals surface area contributed by atoms with Gasteiger partial charge in [0.25, 0.3) is 5.56 Å². The van der Waals surface area contributed by atoms with Crippen LogP contribution in [0.2, 0.25) is 10.0 Å². The molecule has 122 valence electrons. The smallest absolute Gasteiger partial charge is 0.255 e. The number of aliphatic hydroxyl groups excluding tert-OH is 1. The van der Waals surface area contributed by atoms with Crippen LogP contribution in [0.1, 0.15) is 17.2 Å². The number of rotatable bonds is 3. The molecule has 1 unspecified atom stereocenters. The van der Waals surface area contributed by atoms with Crippen LogP contribution in [0, 0.1) is 0 Å². The summed E-state index contributed by atoms with van der Waals surface area (Å²) in [7, 11) is 0. The lowest BCUT2D eigenvalue weighted by atomic mass is 10.0. The first kappa shape index (κ1) is 17.2. The van der Waals surface area contributed by atoms with Crippen LogP contribution < -0.4 is 5.56 Å². The van der Waals surface area contributed by atoms with E-state index in [1.165, 1.54) is 10.6 Å². The first-order chi connectivity index (χ1) is 11.5. The van der Waals surface area contributed by atoms with Crippen LogP contribution in [0.4, 0.5) is 0 Å². The van der Waals surface area contributed by atoms with Crippen LogP contribution in [0.5, 0.6) is 0 Å². The van der Waals surface area contributed by atoms with Gasteiger partial charge in [0.15, 0.2) is 0 Å². The minimum absolute atomic E-state index is 0.287. The van der Waals surface area contributed by atoms with Gasteiger partial charge in [0.05, 0.1) is 15.7 Å². The van der Waals surface area contributed by atoms with Crippen molar-refractivity contribution in [3.63, 3.8) is 0 Å². The van der Waals surface area contributed by atoms with Crippen LogP contribution in [0.3, 0.4) is 0 Å². The minimum Gasteiger partial charge on any atom is -0.384 e. The van der Waals surface area contributed by atoms with Gasteiger partial charge in [-0.2, -0.15) is 0 Å². The molecule has 6 heteroatoms. The molecule has 0 fully saturated rings. The molecule has 3 aromatic rings. The zero-order chi connectivity index (χ0) is 17.3. The van der Waals surface area contributed by atoms with E-state index in [9.17, 15) is 9.90 Å². The normalized spacial score (nSPS) is 12.2. The van der Waals surface area contributed by atoms with E-state index in [-0.39, 0.29) is 5.56 Å². The molecule has 1 N–H and O–H groups in total. The quantitative estimate of drug-likeness (QED) is 0.643. The Labute approximate surface area is 157 Å². The molecule has 0 radical (unpaired) electrons. The average Bonchev–Trinajstić information content (AvgIpc) is 2.56. The Morgan fingerprint density at radius 1 is 0.958 bits per heavy atom. The van der Waals surface area contributed by atoms with Crippen molar-refractivity contribution >= 4 is 39.1 Å². The minimum atomic E-state index is -0.856. The number of aromatic nitrogens is 1. The molecule has 0 saturated carbocycles.